The molecule has 1 amide bonds. The summed E-state index contributed by atoms with van der Waals surface area (Å²) in [6, 6.07) is 11.1. The van der Waals surface area contributed by atoms with Crippen LogP contribution in [-0.2, 0) is 20.7 Å². The molecule has 2 heterocycles. The number of pyridine rings is 1. The molecular formula is C24H29BN2O6. The van der Waals surface area contributed by atoms with Crippen LogP contribution in [0.4, 0.5) is 4.79 Å². The molecule has 0 unspecified atom stereocenters. The van der Waals surface area contributed by atoms with Crippen LogP contribution in [0.15, 0.2) is 48.1 Å². The molecule has 1 aromatic carbocycles. The third kappa shape index (κ3) is 6.00. The number of hydrogen-bond acceptors (Lipinski definition) is 6. The Morgan fingerprint density at radius 2 is 1.79 bits per heavy atom. The minimum Gasteiger partial charge on any atom is -0.476 e. The van der Waals surface area contributed by atoms with Crippen LogP contribution in [0.1, 0.15) is 54.9 Å². The van der Waals surface area contributed by atoms with Crippen LogP contribution in [0.3, 0.4) is 0 Å². The summed E-state index contributed by atoms with van der Waals surface area (Å²) in [6.07, 6.45) is 2.53. The minimum atomic E-state index is -1.15. The Morgan fingerprint density at radius 1 is 1.15 bits per heavy atom. The highest BCUT2D eigenvalue weighted by Gasteiger charge is 2.52. The molecule has 1 aliphatic heterocycles. The van der Waals surface area contributed by atoms with Gasteiger partial charge in [-0.3, -0.25) is 0 Å². The third-order valence-electron chi connectivity index (χ3n) is 5.80. The number of aromatic carboxylic acids is 1. The lowest BCUT2D eigenvalue weighted by atomic mass is 9.76. The summed E-state index contributed by atoms with van der Waals surface area (Å²) in [6.45, 7) is 9.67. The fourth-order valence-electron chi connectivity index (χ4n) is 3.23. The van der Waals surface area contributed by atoms with Crippen LogP contribution in [0.5, 0.6) is 0 Å². The number of benzene rings is 1. The van der Waals surface area contributed by atoms with Crippen molar-refractivity contribution in [2.75, 3.05) is 6.54 Å². The Hall–Kier alpha value is -3.17. The minimum absolute atomic E-state index is 0.0391. The van der Waals surface area contributed by atoms with E-state index in [2.05, 4.69) is 10.3 Å². The van der Waals surface area contributed by atoms with E-state index in [9.17, 15) is 14.7 Å². The summed E-state index contributed by atoms with van der Waals surface area (Å²) >= 11 is 0. The van der Waals surface area contributed by atoms with Crippen molar-refractivity contribution in [1.82, 2.24) is 10.3 Å². The summed E-state index contributed by atoms with van der Waals surface area (Å²) in [7, 11) is -0.786. The number of alkyl carbamates (subject to hydrolysis) is 1. The van der Waals surface area contributed by atoms with Crippen LogP contribution < -0.4 is 5.32 Å². The lowest BCUT2D eigenvalue weighted by Crippen LogP contribution is -2.41. The first-order chi connectivity index (χ1) is 15.5. The average molecular weight is 452 g/mol. The number of aromatic nitrogens is 1. The van der Waals surface area contributed by atoms with Gasteiger partial charge >= 0.3 is 19.2 Å². The Balaban J connectivity index is 1.82. The highest BCUT2D eigenvalue weighted by atomic mass is 16.7. The van der Waals surface area contributed by atoms with Crippen molar-refractivity contribution in [3.05, 3.63) is 70.5 Å². The molecule has 1 fully saturated rings. The number of nitrogens with one attached hydrogen (secondary N) is 1. The molecule has 1 aliphatic rings. The molecule has 2 N–H and O–H groups in total. The largest absolute Gasteiger partial charge is 0.492 e. The van der Waals surface area contributed by atoms with Gasteiger partial charge in [-0.05, 0) is 57.3 Å². The molecule has 9 heteroatoms. The molecule has 0 atom stereocenters. The normalized spacial score (nSPS) is 17.0. The van der Waals surface area contributed by atoms with E-state index in [1.54, 1.807) is 12.1 Å². The van der Waals surface area contributed by atoms with E-state index in [4.69, 9.17) is 14.0 Å². The van der Waals surface area contributed by atoms with E-state index in [0.717, 1.165) is 11.1 Å². The van der Waals surface area contributed by atoms with Gasteiger partial charge in [0.25, 0.3) is 0 Å². The predicted octanol–water partition coefficient (Wildman–Crippen LogP) is 4.03. The molecule has 3 rings (SSSR count). The predicted molar refractivity (Wildman–Crippen MR) is 125 cm³/mol. The Morgan fingerprint density at radius 3 is 2.39 bits per heavy atom. The molecule has 8 nitrogen and oxygen atoms in total. The molecule has 0 saturated carbocycles. The summed E-state index contributed by atoms with van der Waals surface area (Å²) < 4.78 is 17.6. The van der Waals surface area contributed by atoms with Crippen molar-refractivity contribution in [2.45, 2.75) is 52.4 Å². The van der Waals surface area contributed by atoms with Crippen molar-refractivity contribution < 1.29 is 28.7 Å². The van der Waals surface area contributed by atoms with Crippen molar-refractivity contribution in [3.63, 3.8) is 0 Å². The zero-order valence-corrected chi connectivity index (χ0v) is 19.5. The zero-order valence-electron chi connectivity index (χ0n) is 19.5. The second-order valence-corrected chi connectivity index (χ2v) is 8.98. The molecule has 0 aliphatic carbocycles. The summed E-state index contributed by atoms with van der Waals surface area (Å²) in [5.41, 5.74) is 1.30. The standard InChI is InChI=1S/C24H29BN2O6/c1-16-11-18(20(21(28)29)26-13-16)12-19(25-32-23(2,3)24(4,5)33-25)14-27-22(30)31-15-17-9-7-6-8-10-17/h6-13H,14-15H2,1-5H3,(H,27,30)(H,28,29). The van der Waals surface area contributed by atoms with E-state index in [1.165, 1.54) is 6.20 Å². The highest BCUT2D eigenvalue weighted by Crippen LogP contribution is 2.38. The van der Waals surface area contributed by atoms with Gasteiger partial charge in [0.15, 0.2) is 5.69 Å². The number of carboxylic acid groups (broad SMARTS) is 1. The number of ether oxygens (including phenoxy) is 1. The SMILES string of the molecule is Cc1cnc(C(=O)O)c(C=C(CNC(=O)OCc2ccccc2)B2OC(C)(C)C(C)(C)O2)c1. The third-order valence-corrected chi connectivity index (χ3v) is 5.80. The lowest BCUT2D eigenvalue weighted by Gasteiger charge is -2.32. The van der Waals surface area contributed by atoms with Gasteiger partial charge in [-0.15, -0.1) is 0 Å². The van der Waals surface area contributed by atoms with Crippen LogP contribution in [-0.4, -0.2) is 47.0 Å². The maximum Gasteiger partial charge on any atom is 0.492 e. The molecule has 33 heavy (non-hydrogen) atoms. The maximum absolute atomic E-state index is 12.3. The van der Waals surface area contributed by atoms with Crippen molar-refractivity contribution >= 4 is 25.3 Å². The van der Waals surface area contributed by atoms with Gasteiger partial charge in [0.1, 0.15) is 6.61 Å². The molecule has 2 aromatic rings. The fourth-order valence-corrected chi connectivity index (χ4v) is 3.23. The number of hydrogen-bond donors (Lipinski definition) is 2. The first-order valence-corrected chi connectivity index (χ1v) is 10.7. The van der Waals surface area contributed by atoms with E-state index < -0.39 is 30.4 Å². The summed E-state index contributed by atoms with van der Waals surface area (Å²) in [5, 5.41) is 12.3. The first-order valence-electron chi connectivity index (χ1n) is 10.7. The van der Waals surface area contributed by atoms with Gasteiger partial charge in [-0.2, -0.15) is 0 Å². The van der Waals surface area contributed by atoms with Gasteiger partial charge in [-0.1, -0.05) is 36.4 Å². The number of carboxylic acids is 1. The average Bonchev–Trinajstić information content (AvgIpc) is 2.97. The van der Waals surface area contributed by atoms with E-state index in [-0.39, 0.29) is 18.8 Å². The number of amides is 1. The van der Waals surface area contributed by atoms with Crippen molar-refractivity contribution in [1.29, 1.82) is 0 Å². The number of rotatable bonds is 7. The van der Waals surface area contributed by atoms with Crippen LogP contribution in [0.2, 0.25) is 0 Å². The maximum atomic E-state index is 12.3. The lowest BCUT2D eigenvalue weighted by molar-refractivity contribution is 0.00578. The number of aryl methyl sites for hydroxylation is 1. The van der Waals surface area contributed by atoms with Gasteiger partial charge in [0, 0.05) is 18.3 Å². The monoisotopic (exact) mass is 452 g/mol. The van der Waals surface area contributed by atoms with Crippen LogP contribution in [0, 0.1) is 6.92 Å². The second-order valence-electron chi connectivity index (χ2n) is 8.98. The fraction of sp³-hybridized carbons (Fsp3) is 0.375. The highest BCUT2D eigenvalue weighted by molar-refractivity contribution is 6.56. The van der Waals surface area contributed by atoms with E-state index >= 15 is 0 Å². The van der Waals surface area contributed by atoms with E-state index in [0.29, 0.717) is 11.0 Å². The summed E-state index contributed by atoms with van der Waals surface area (Å²) in [4.78, 5) is 28.0. The molecule has 0 spiro atoms. The summed E-state index contributed by atoms with van der Waals surface area (Å²) in [5.74, 6) is -1.15. The van der Waals surface area contributed by atoms with Gasteiger partial charge in [0.2, 0.25) is 0 Å². The molecule has 1 saturated heterocycles. The second kappa shape index (κ2) is 9.76. The quantitative estimate of drug-likeness (QED) is 0.611. The van der Waals surface area contributed by atoms with Gasteiger partial charge < -0.3 is 24.5 Å². The van der Waals surface area contributed by atoms with Gasteiger partial charge in [-0.25, -0.2) is 14.6 Å². The molecule has 1 aromatic heterocycles. The molecular weight excluding hydrogens is 423 g/mol. The first kappa shape index (κ1) is 24.5. The van der Waals surface area contributed by atoms with Crippen LogP contribution >= 0.6 is 0 Å². The topological polar surface area (TPSA) is 107 Å². The number of carbonyl (C=O) groups excluding carboxylic acids is 1. The molecule has 0 radical (unpaired) electrons. The number of nitrogens with zero attached hydrogens (tertiary/aromatic N) is 1. The molecule has 174 valence electrons. The van der Waals surface area contributed by atoms with E-state index in [1.807, 2.05) is 65.0 Å². The Kier molecular flexibility index (Phi) is 7.24. The Bertz CT molecular complexity index is 1040. The van der Waals surface area contributed by atoms with Gasteiger partial charge in [0.05, 0.1) is 11.2 Å². The zero-order chi connectivity index (χ0) is 24.2. The Labute approximate surface area is 194 Å². The van der Waals surface area contributed by atoms with Crippen molar-refractivity contribution in [2.24, 2.45) is 0 Å². The van der Waals surface area contributed by atoms with Crippen LogP contribution in [0.25, 0.3) is 6.08 Å². The van der Waals surface area contributed by atoms with Crippen molar-refractivity contribution in [3.8, 4) is 0 Å². The smallest absolute Gasteiger partial charge is 0.476 e. The number of carbonyl (C=O) groups is 2. The molecule has 0 bridgehead atoms.